The number of methoxy groups -OCH3 is 1. The predicted molar refractivity (Wildman–Crippen MR) is 94.5 cm³/mol. The summed E-state index contributed by atoms with van der Waals surface area (Å²) < 4.78 is 18.7. The molecule has 1 aliphatic carbocycles. The highest BCUT2D eigenvalue weighted by atomic mass is 19.1. The number of carbonyl (C=O) groups is 1. The second-order valence-corrected chi connectivity index (χ2v) is 6.41. The summed E-state index contributed by atoms with van der Waals surface area (Å²) >= 11 is 0. The van der Waals surface area contributed by atoms with Crippen molar-refractivity contribution in [2.24, 2.45) is 0 Å². The van der Waals surface area contributed by atoms with Crippen molar-refractivity contribution in [3.63, 3.8) is 0 Å². The summed E-state index contributed by atoms with van der Waals surface area (Å²) in [7, 11) is 1.60. The zero-order valence-electron chi connectivity index (χ0n) is 13.9. The normalized spacial score (nSPS) is 16.5. The number of aromatic amines is 1. The van der Waals surface area contributed by atoms with Crippen LogP contribution in [0, 0.1) is 5.82 Å². The fraction of sp³-hybridized carbons (Fsp3) is 0.250. The number of hydrogen-bond donors (Lipinski definition) is 2. The molecular formula is C20H19FN2O2. The second-order valence-electron chi connectivity index (χ2n) is 6.41. The van der Waals surface area contributed by atoms with E-state index in [1.54, 1.807) is 43.5 Å². The van der Waals surface area contributed by atoms with E-state index in [0.29, 0.717) is 12.0 Å². The Morgan fingerprint density at radius 3 is 2.80 bits per heavy atom. The molecule has 4 rings (SSSR count). The van der Waals surface area contributed by atoms with Gasteiger partial charge in [0, 0.05) is 28.2 Å². The van der Waals surface area contributed by atoms with Crippen molar-refractivity contribution in [2.45, 2.75) is 25.3 Å². The van der Waals surface area contributed by atoms with Crippen LogP contribution < -0.4 is 10.1 Å². The van der Waals surface area contributed by atoms with E-state index in [2.05, 4.69) is 10.3 Å². The number of rotatable bonds is 3. The molecule has 1 amide bonds. The van der Waals surface area contributed by atoms with Gasteiger partial charge >= 0.3 is 0 Å². The topological polar surface area (TPSA) is 54.1 Å². The maximum Gasteiger partial charge on any atom is 0.251 e. The van der Waals surface area contributed by atoms with Gasteiger partial charge in [-0.15, -0.1) is 0 Å². The Morgan fingerprint density at radius 2 is 2.04 bits per heavy atom. The zero-order chi connectivity index (χ0) is 17.4. The molecule has 0 aliphatic heterocycles. The highest BCUT2D eigenvalue weighted by molar-refractivity contribution is 5.94. The van der Waals surface area contributed by atoms with Crippen LogP contribution >= 0.6 is 0 Å². The van der Waals surface area contributed by atoms with E-state index in [1.165, 1.54) is 6.07 Å². The Balaban J connectivity index is 1.52. The lowest BCUT2D eigenvalue weighted by Gasteiger charge is -2.23. The Kier molecular flexibility index (Phi) is 3.92. The molecule has 0 fully saturated rings. The fourth-order valence-electron chi connectivity index (χ4n) is 3.52. The SMILES string of the molecule is COc1ccc(C(=O)NC2CCc3[nH]c4ccc(F)cc4c3C2)cc1. The van der Waals surface area contributed by atoms with Crippen LogP contribution in [0.15, 0.2) is 42.5 Å². The quantitative estimate of drug-likeness (QED) is 0.767. The maximum atomic E-state index is 13.6. The van der Waals surface area contributed by atoms with Gasteiger partial charge in [0.15, 0.2) is 0 Å². The summed E-state index contributed by atoms with van der Waals surface area (Å²) in [6.07, 6.45) is 2.42. The average Bonchev–Trinajstić information content (AvgIpc) is 2.99. The third-order valence-corrected chi connectivity index (χ3v) is 4.84. The summed E-state index contributed by atoms with van der Waals surface area (Å²) in [4.78, 5) is 15.8. The van der Waals surface area contributed by atoms with Crippen LogP contribution in [-0.2, 0) is 12.8 Å². The number of ether oxygens (including phenoxy) is 1. The summed E-state index contributed by atoms with van der Waals surface area (Å²) in [5.74, 6) is 0.389. The number of H-pyrrole nitrogens is 1. The summed E-state index contributed by atoms with van der Waals surface area (Å²) in [6, 6.07) is 11.9. The minimum absolute atomic E-state index is 0.0457. The number of carbonyl (C=O) groups excluding carboxylic acids is 1. The first kappa shape index (κ1) is 15.7. The van der Waals surface area contributed by atoms with Crippen LogP contribution in [0.4, 0.5) is 4.39 Å². The van der Waals surface area contributed by atoms with Crippen molar-refractivity contribution in [3.8, 4) is 5.75 Å². The molecule has 4 nitrogen and oxygen atoms in total. The van der Waals surface area contributed by atoms with Crippen molar-refractivity contribution in [1.29, 1.82) is 0 Å². The van der Waals surface area contributed by atoms with E-state index >= 15 is 0 Å². The van der Waals surface area contributed by atoms with E-state index in [4.69, 9.17) is 4.74 Å². The minimum Gasteiger partial charge on any atom is -0.497 e. The molecule has 0 saturated carbocycles. The molecule has 2 aromatic carbocycles. The van der Waals surface area contributed by atoms with Gasteiger partial charge in [0.2, 0.25) is 0 Å². The van der Waals surface area contributed by atoms with E-state index in [-0.39, 0.29) is 17.8 Å². The minimum atomic E-state index is -0.237. The molecule has 0 radical (unpaired) electrons. The Bertz CT molecular complexity index is 931. The first-order valence-corrected chi connectivity index (χ1v) is 8.38. The molecule has 5 heteroatoms. The van der Waals surface area contributed by atoms with Gasteiger partial charge in [-0.25, -0.2) is 4.39 Å². The van der Waals surface area contributed by atoms with E-state index in [9.17, 15) is 9.18 Å². The van der Waals surface area contributed by atoms with Crippen molar-refractivity contribution < 1.29 is 13.9 Å². The zero-order valence-corrected chi connectivity index (χ0v) is 13.9. The Morgan fingerprint density at radius 1 is 1.24 bits per heavy atom. The lowest BCUT2D eigenvalue weighted by molar-refractivity contribution is 0.0933. The molecule has 1 atom stereocenters. The van der Waals surface area contributed by atoms with Gasteiger partial charge < -0.3 is 15.0 Å². The number of aromatic nitrogens is 1. The number of aryl methyl sites for hydroxylation is 1. The first-order chi connectivity index (χ1) is 12.1. The Labute approximate surface area is 145 Å². The third-order valence-electron chi connectivity index (χ3n) is 4.84. The lowest BCUT2D eigenvalue weighted by Crippen LogP contribution is -2.38. The van der Waals surface area contributed by atoms with Gasteiger partial charge in [-0.2, -0.15) is 0 Å². The van der Waals surface area contributed by atoms with Crippen LogP contribution in [0.25, 0.3) is 10.9 Å². The average molecular weight is 338 g/mol. The smallest absolute Gasteiger partial charge is 0.251 e. The molecule has 3 aromatic rings. The molecule has 25 heavy (non-hydrogen) atoms. The molecule has 1 heterocycles. The van der Waals surface area contributed by atoms with Crippen molar-refractivity contribution in [3.05, 3.63) is 65.1 Å². The van der Waals surface area contributed by atoms with Crippen molar-refractivity contribution >= 4 is 16.8 Å². The van der Waals surface area contributed by atoms with E-state index in [0.717, 1.165) is 40.8 Å². The van der Waals surface area contributed by atoms with E-state index < -0.39 is 0 Å². The number of nitrogens with one attached hydrogen (secondary N) is 2. The van der Waals surface area contributed by atoms with Gasteiger partial charge in [0.05, 0.1) is 7.11 Å². The Hall–Kier alpha value is -2.82. The summed E-state index contributed by atoms with van der Waals surface area (Å²) in [5, 5.41) is 4.01. The number of benzene rings is 2. The number of amides is 1. The molecule has 1 aromatic heterocycles. The molecule has 1 aliphatic rings. The molecule has 2 N–H and O–H groups in total. The van der Waals surface area contributed by atoms with Gasteiger partial charge in [-0.1, -0.05) is 0 Å². The monoisotopic (exact) mass is 338 g/mol. The molecule has 128 valence electrons. The van der Waals surface area contributed by atoms with Crippen LogP contribution in [0.1, 0.15) is 28.0 Å². The second kappa shape index (κ2) is 6.24. The van der Waals surface area contributed by atoms with Crippen LogP contribution in [0.3, 0.4) is 0 Å². The number of hydrogen-bond acceptors (Lipinski definition) is 2. The van der Waals surface area contributed by atoms with Gasteiger partial charge in [0.1, 0.15) is 11.6 Å². The molecule has 1 unspecified atom stereocenters. The van der Waals surface area contributed by atoms with Gasteiger partial charge in [0.25, 0.3) is 5.91 Å². The number of fused-ring (bicyclic) bond motifs is 3. The number of halogens is 1. The molecule has 0 spiro atoms. The van der Waals surface area contributed by atoms with Crippen LogP contribution in [0.2, 0.25) is 0 Å². The van der Waals surface area contributed by atoms with Gasteiger partial charge in [-0.05, 0) is 67.3 Å². The highest BCUT2D eigenvalue weighted by Crippen LogP contribution is 2.29. The van der Waals surface area contributed by atoms with Crippen LogP contribution in [-0.4, -0.2) is 24.0 Å². The van der Waals surface area contributed by atoms with Crippen molar-refractivity contribution in [1.82, 2.24) is 10.3 Å². The molecule has 0 saturated heterocycles. The standard InChI is InChI=1S/C20H19FN2O2/c1-25-15-6-2-12(3-7-15)20(24)22-14-5-9-19-17(11-14)16-10-13(21)4-8-18(16)23-19/h2-4,6-8,10,14,23H,5,9,11H2,1H3,(H,22,24). The predicted octanol–water partition coefficient (Wildman–Crippen LogP) is 3.60. The van der Waals surface area contributed by atoms with Crippen molar-refractivity contribution in [2.75, 3.05) is 7.11 Å². The third kappa shape index (κ3) is 2.97. The largest absolute Gasteiger partial charge is 0.497 e. The molecule has 0 bridgehead atoms. The van der Waals surface area contributed by atoms with E-state index in [1.807, 2.05) is 0 Å². The highest BCUT2D eigenvalue weighted by Gasteiger charge is 2.24. The summed E-state index contributed by atoms with van der Waals surface area (Å²) in [6.45, 7) is 0. The maximum absolute atomic E-state index is 13.6. The fourth-order valence-corrected chi connectivity index (χ4v) is 3.52. The van der Waals surface area contributed by atoms with Crippen LogP contribution in [0.5, 0.6) is 5.75 Å². The summed E-state index contributed by atoms with van der Waals surface area (Å²) in [5.41, 5.74) is 3.82. The molecular weight excluding hydrogens is 319 g/mol. The first-order valence-electron chi connectivity index (χ1n) is 8.38. The lowest BCUT2D eigenvalue weighted by atomic mass is 9.91. The van der Waals surface area contributed by atoms with Gasteiger partial charge in [-0.3, -0.25) is 4.79 Å².